The molecule has 30 heavy (non-hydrogen) atoms. The van der Waals surface area contributed by atoms with Gasteiger partial charge in [0.15, 0.2) is 0 Å². The predicted octanol–water partition coefficient (Wildman–Crippen LogP) is 5.03. The lowest BCUT2D eigenvalue weighted by atomic mass is 9.93. The van der Waals surface area contributed by atoms with E-state index in [2.05, 4.69) is 15.3 Å². The van der Waals surface area contributed by atoms with Crippen LogP contribution in [0.15, 0.2) is 24.3 Å². The number of carbonyl (C=O) groups excluding carboxylic acids is 1. The molecular weight excluding hydrogens is 417 g/mol. The molecule has 164 valence electrons. The molecule has 1 amide bonds. The topological polar surface area (TPSA) is 50.2 Å². The molecule has 1 fully saturated rings. The number of benzene rings is 1. The standard InChI is InChI=1S/C21H26ClF3N4O/c1-14-18(20(22)28(2)27-14)13-29-11-3-4-15(12-29)5-10-19(30)26-17-8-6-16(7-9-17)21(23,24)25/h6-9,15H,3-5,10-13H2,1-2H3,(H,26,30). The number of aryl methyl sites for hydroxylation is 2. The molecule has 5 nitrogen and oxygen atoms in total. The van der Waals surface area contributed by atoms with Gasteiger partial charge in [-0.2, -0.15) is 18.3 Å². The molecule has 3 rings (SSSR count). The van der Waals surface area contributed by atoms with Crippen molar-refractivity contribution in [3.05, 3.63) is 46.2 Å². The number of piperidine rings is 1. The quantitative estimate of drug-likeness (QED) is 0.682. The van der Waals surface area contributed by atoms with E-state index in [0.29, 0.717) is 23.2 Å². The Hall–Kier alpha value is -2.06. The van der Waals surface area contributed by atoms with E-state index in [9.17, 15) is 18.0 Å². The SMILES string of the molecule is Cc1nn(C)c(Cl)c1CN1CCCC(CCC(=O)Nc2ccc(C(F)(F)F)cc2)C1. The summed E-state index contributed by atoms with van der Waals surface area (Å²) < 4.78 is 39.5. The number of nitrogens with one attached hydrogen (secondary N) is 1. The second-order valence-corrected chi connectivity index (χ2v) is 8.24. The Bertz CT molecular complexity index is 880. The molecule has 1 aromatic heterocycles. The molecule has 0 aliphatic carbocycles. The van der Waals surface area contributed by atoms with Gasteiger partial charge < -0.3 is 5.32 Å². The largest absolute Gasteiger partial charge is 0.416 e. The summed E-state index contributed by atoms with van der Waals surface area (Å²) in [4.78, 5) is 14.6. The third-order valence-electron chi connectivity index (χ3n) is 5.53. The number of likely N-dealkylation sites (tertiary alicyclic amines) is 1. The number of aromatic nitrogens is 2. The zero-order valence-corrected chi connectivity index (χ0v) is 17.9. The highest BCUT2D eigenvalue weighted by atomic mass is 35.5. The first-order chi connectivity index (χ1) is 14.1. The van der Waals surface area contributed by atoms with Crippen LogP contribution in [0.2, 0.25) is 5.15 Å². The van der Waals surface area contributed by atoms with Crippen LogP contribution in [0.5, 0.6) is 0 Å². The summed E-state index contributed by atoms with van der Waals surface area (Å²) in [5.74, 6) is 0.214. The number of carbonyl (C=O) groups is 1. The summed E-state index contributed by atoms with van der Waals surface area (Å²) in [6.45, 7) is 4.57. The van der Waals surface area contributed by atoms with Crippen molar-refractivity contribution in [2.75, 3.05) is 18.4 Å². The van der Waals surface area contributed by atoms with Crippen molar-refractivity contribution in [1.29, 1.82) is 0 Å². The highest BCUT2D eigenvalue weighted by molar-refractivity contribution is 6.30. The number of halogens is 4. The van der Waals surface area contributed by atoms with Crippen LogP contribution in [0.3, 0.4) is 0 Å². The van der Waals surface area contributed by atoms with Gasteiger partial charge in [0.1, 0.15) is 5.15 Å². The summed E-state index contributed by atoms with van der Waals surface area (Å²) in [5.41, 5.74) is 1.62. The summed E-state index contributed by atoms with van der Waals surface area (Å²) in [7, 11) is 1.83. The Labute approximate surface area is 179 Å². The molecule has 9 heteroatoms. The molecular formula is C21H26ClF3N4O. The second kappa shape index (κ2) is 9.39. The van der Waals surface area contributed by atoms with E-state index in [1.54, 1.807) is 4.68 Å². The molecule has 2 heterocycles. The lowest BCUT2D eigenvalue weighted by Gasteiger charge is -2.32. The van der Waals surface area contributed by atoms with Gasteiger partial charge >= 0.3 is 6.18 Å². The second-order valence-electron chi connectivity index (χ2n) is 7.88. The van der Waals surface area contributed by atoms with E-state index in [1.807, 2.05) is 14.0 Å². The average Bonchev–Trinajstić information content (AvgIpc) is 2.92. The van der Waals surface area contributed by atoms with Crippen molar-refractivity contribution in [2.24, 2.45) is 13.0 Å². The maximum Gasteiger partial charge on any atom is 0.416 e. The molecule has 0 saturated carbocycles. The van der Waals surface area contributed by atoms with E-state index in [-0.39, 0.29) is 5.91 Å². The van der Waals surface area contributed by atoms with E-state index < -0.39 is 11.7 Å². The molecule has 1 N–H and O–H groups in total. The number of rotatable bonds is 6. The average molecular weight is 443 g/mol. The molecule has 1 saturated heterocycles. The third-order valence-corrected chi connectivity index (χ3v) is 6.00. The molecule has 0 bridgehead atoms. The number of nitrogens with zero attached hydrogens (tertiary/aromatic N) is 3. The first-order valence-corrected chi connectivity index (χ1v) is 10.4. The summed E-state index contributed by atoms with van der Waals surface area (Å²) >= 11 is 6.34. The van der Waals surface area contributed by atoms with Gasteiger partial charge in [-0.05, 0) is 62.9 Å². The molecule has 1 aromatic carbocycles. The molecule has 0 spiro atoms. The zero-order chi connectivity index (χ0) is 21.9. The van der Waals surface area contributed by atoms with Crippen LogP contribution in [0.4, 0.5) is 18.9 Å². The number of amides is 1. The smallest absolute Gasteiger partial charge is 0.326 e. The summed E-state index contributed by atoms with van der Waals surface area (Å²) in [6, 6.07) is 4.51. The molecule has 2 aromatic rings. The Morgan fingerprint density at radius 2 is 2.00 bits per heavy atom. The van der Waals surface area contributed by atoms with E-state index in [1.165, 1.54) is 12.1 Å². The predicted molar refractivity (Wildman–Crippen MR) is 110 cm³/mol. The van der Waals surface area contributed by atoms with Crippen LogP contribution in [0.1, 0.15) is 42.5 Å². The van der Waals surface area contributed by atoms with Crippen molar-refractivity contribution in [3.63, 3.8) is 0 Å². The molecule has 1 atom stereocenters. The van der Waals surface area contributed by atoms with Crippen LogP contribution in [0.25, 0.3) is 0 Å². The Kier molecular flexibility index (Phi) is 7.08. The molecule has 1 unspecified atom stereocenters. The van der Waals surface area contributed by atoms with E-state index >= 15 is 0 Å². The minimum Gasteiger partial charge on any atom is -0.326 e. The third kappa shape index (κ3) is 5.76. The lowest BCUT2D eigenvalue weighted by Crippen LogP contribution is -2.35. The maximum atomic E-state index is 12.6. The van der Waals surface area contributed by atoms with Gasteiger partial charge in [-0.1, -0.05) is 11.6 Å². The normalized spacial score (nSPS) is 17.9. The van der Waals surface area contributed by atoms with Crippen LogP contribution in [-0.2, 0) is 24.6 Å². The van der Waals surface area contributed by atoms with Gasteiger partial charge in [-0.25, -0.2) is 0 Å². The van der Waals surface area contributed by atoms with E-state index in [4.69, 9.17) is 11.6 Å². The van der Waals surface area contributed by atoms with Crippen LogP contribution in [-0.4, -0.2) is 33.7 Å². The number of hydrogen-bond donors (Lipinski definition) is 1. The van der Waals surface area contributed by atoms with E-state index in [0.717, 1.165) is 62.3 Å². The maximum absolute atomic E-state index is 12.6. The van der Waals surface area contributed by atoms with Gasteiger partial charge in [-0.3, -0.25) is 14.4 Å². The number of anilines is 1. The highest BCUT2D eigenvalue weighted by Crippen LogP contribution is 2.30. The van der Waals surface area contributed by atoms with Gasteiger partial charge in [0, 0.05) is 37.8 Å². The van der Waals surface area contributed by atoms with Crippen molar-refractivity contribution < 1.29 is 18.0 Å². The van der Waals surface area contributed by atoms with Crippen LogP contribution < -0.4 is 5.32 Å². The monoisotopic (exact) mass is 442 g/mol. The highest BCUT2D eigenvalue weighted by Gasteiger charge is 2.30. The fourth-order valence-corrected chi connectivity index (χ4v) is 4.14. The lowest BCUT2D eigenvalue weighted by molar-refractivity contribution is -0.137. The Morgan fingerprint density at radius 3 is 2.60 bits per heavy atom. The minimum atomic E-state index is -4.38. The van der Waals surface area contributed by atoms with Crippen molar-refractivity contribution in [2.45, 2.75) is 45.3 Å². The fourth-order valence-electron chi connectivity index (χ4n) is 3.91. The van der Waals surface area contributed by atoms with Crippen molar-refractivity contribution in [3.8, 4) is 0 Å². The van der Waals surface area contributed by atoms with Crippen LogP contribution >= 0.6 is 11.6 Å². The minimum absolute atomic E-state index is 0.182. The van der Waals surface area contributed by atoms with Crippen molar-refractivity contribution in [1.82, 2.24) is 14.7 Å². The zero-order valence-electron chi connectivity index (χ0n) is 17.1. The molecule has 0 radical (unpaired) electrons. The van der Waals surface area contributed by atoms with Crippen LogP contribution in [0, 0.1) is 12.8 Å². The summed E-state index contributed by atoms with van der Waals surface area (Å²) in [6.07, 6.45) is -1.19. The van der Waals surface area contributed by atoms with Gasteiger partial charge in [0.2, 0.25) is 5.91 Å². The summed E-state index contributed by atoms with van der Waals surface area (Å²) in [5, 5.41) is 7.69. The molecule has 1 aliphatic rings. The Morgan fingerprint density at radius 1 is 1.30 bits per heavy atom. The number of hydrogen-bond acceptors (Lipinski definition) is 3. The van der Waals surface area contributed by atoms with Gasteiger partial charge in [0.05, 0.1) is 11.3 Å². The fraction of sp³-hybridized carbons (Fsp3) is 0.524. The Balaban J connectivity index is 1.47. The molecule has 1 aliphatic heterocycles. The van der Waals surface area contributed by atoms with Gasteiger partial charge in [-0.15, -0.1) is 0 Å². The van der Waals surface area contributed by atoms with Crippen molar-refractivity contribution >= 4 is 23.2 Å². The first kappa shape index (κ1) is 22.6. The first-order valence-electron chi connectivity index (χ1n) is 10.0. The van der Waals surface area contributed by atoms with Gasteiger partial charge in [0.25, 0.3) is 0 Å². The number of alkyl halides is 3.